The normalized spacial score (nSPS) is 10.8. The summed E-state index contributed by atoms with van der Waals surface area (Å²) in [7, 11) is 0. The van der Waals surface area contributed by atoms with Gasteiger partial charge < -0.3 is 9.63 Å². The van der Waals surface area contributed by atoms with Gasteiger partial charge >= 0.3 is 0 Å². The van der Waals surface area contributed by atoms with Crippen molar-refractivity contribution in [2.24, 2.45) is 0 Å². The van der Waals surface area contributed by atoms with E-state index >= 15 is 0 Å². The summed E-state index contributed by atoms with van der Waals surface area (Å²) in [4.78, 5) is 4.25. The van der Waals surface area contributed by atoms with Gasteiger partial charge in [0, 0.05) is 19.4 Å². The lowest BCUT2D eigenvalue weighted by Crippen LogP contribution is -1.92. The van der Waals surface area contributed by atoms with Crippen molar-refractivity contribution in [3.05, 3.63) is 47.4 Å². The number of aryl methyl sites for hydroxylation is 1. The van der Waals surface area contributed by atoms with Crippen molar-refractivity contribution in [2.75, 3.05) is 6.61 Å². The molecule has 0 bridgehead atoms. The molecule has 0 radical (unpaired) electrons. The van der Waals surface area contributed by atoms with Gasteiger partial charge in [0.05, 0.1) is 0 Å². The van der Waals surface area contributed by atoms with Crippen molar-refractivity contribution in [3.8, 4) is 0 Å². The molecule has 0 saturated heterocycles. The Hall–Kier alpha value is -1.75. The fourth-order valence-corrected chi connectivity index (χ4v) is 1.64. The molecule has 96 valence electrons. The molecule has 0 amide bonds. The van der Waals surface area contributed by atoms with E-state index in [-0.39, 0.29) is 12.4 Å². The highest BCUT2D eigenvalue weighted by Crippen LogP contribution is 2.09. The first-order valence-electron chi connectivity index (χ1n) is 5.94. The van der Waals surface area contributed by atoms with E-state index in [1.54, 1.807) is 12.1 Å². The van der Waals surface area contributed by atoms with Gasteiger partial charge in [-0.15, -0.1) is 0 Å². The summed E-state index contributed by atoms with van der Waals surface area (Å²) < 4.78 is 17.8. The minimum absolute atomic E-state index is 0.177. The molecule has 4 nitrogen and oxygen atoms in total. The monoisotopic (exact) mass is 250 g/mol. The molecule has 5 heteroatoms. The van der Waals surface area contributed by atoms with Gasteiger partial charge in [0.2, 0.25) is 5.89 Å². The Labute approximate surface area is 104 Å². The van der Waals surface area contributed by atoms with Crippen LogP contribution in [0, 0.1) is 5.82 Å². The number of hydrogen-bond acceptors (Lipinski definition) is 4. The number of aliphatic hydroxyl groups excluding tert-OH is 1. The molecule has 1 aromatic heterocycles. The SMILES string of the molecule is OCCCCc1nc(Cc2ccc(F)cc2)no1. The Balaban J connectivity index is 1.91. The number of aromatic nitrogens is 2. The average molecular weight is 250 g/mol. The summed E-state index contributed by atoms with van der Waals surface area (Å²) in [6.45, 7) is 0.177. The van der Waals surface area contributed by atoms with Crippen LogP contribution in [-0.2, 0) is 12.8 Å². The van der Waals surface area contributed by atoms with Crippen LogP contribution in [0.5, 0.6) is 0 Å². The van der Waals surface area contributed by atoms with Gasteiger partial charge in [0.15, 0.2) is 5.82 Å². The Morgan fingerprint density at radius 1 is 1.17 bits per heavy atom. The maximum atomic E-state index is 12.7. The van der Waals surface area contributed by atoms with Crippen LogP contribution in [-0.4, -0.2) is 21.9 Å². The van der Waals surface area contributed by atoms with E-state index in [9.17, 15) is 4.39 Å². The van der Waals surface area contributed by atoms with E-state index in [4.69, 9.17) is 9.63 Å². The number of rotatable bonds is 6. The van der Waals surface area contributed by atoms with E-state index in [1.807, 2.05) is 0 Å². The first-order valence-corrected chi connectivity index (χ1v) is 5.94. The molecular weight excluding hydrogens is 235 g/mol. The third kappa shape index (κ3) is 3.63. The molecule has 0 aliphatic heterocycles. The largest absolute Gasteiger partial charge is 0.396 e. The van der Waals surface area contributed by atoms with Crippen LogP contribution in [0.3, 0.4) is 0 Å². The summed E-state index contributed by atoms with van der Waals surface area (Å²) >= 11 is 0. The predicted molar refractivity (Wildman–Crippen MR) is 63.5 cm³/mol. The lowest BCUT2D eigenvalue weighted by molar-refractivity contribution is 0.280. The lowest BCUT2D eigenvalue weighted by Gasteiger charge is -1.95. The number of benzene rings is 1. The van der Waals surface area contributed by atoms with E-state index in [2.05, 4.69) is 10.1 Å². The topological polar surface area (TPSA) is 59.2 Å². The van der Waals surface area contributed by atoms with Gasteiger partial charge in [-0.25, -0.2) is 4.39 Å². The van der Waals surface area contributed by atoms with Crippen LogP contribution in [0.2, 0.25) is 0 Å². The van der Waals surface area contributed by atoms with Gasteiger partial charge in [-0.2, -0.15) is 4.98 Å². The van der Waals surface area contributed by atoms with E-state index < -0.39 is 0 Å². The molecule has 1 N–H and O–H groups in total. The first-order chi connectivity index (χ1) is 8.78. The fraction of sp³-hybridized carbons (Fsp3) is 0.385. The molecule has 0 spiro atoms. The van der Waals surface area contributed by atoms with Crippen LogP contribution in [0.4, 0.5) is 4.39 Å². The summed E-state index contributed by atoms with van der Waals surface area (Å²) in [6, 6.07) is 6.24. The highest BCUT2D eigenvalue weighted by molar-refractivity contribution is 5.19. The van der Waals surface area contributed by atoms with Crippen LogP contribution in [0.25, 0.3) is 0 Å². The average Bonchev–Trinajstić information content (AvgIpc) is 2.80. The van der Waals surface area contributed by atoms with E-state index in [0.29, 0.717) is 24.6 Å². The third-order valence-corrected chi connectivity index (χ3v) is 2.58. The van der Waals surface area contributed by atoms with Crippen molar-refractivity contribution in [2.45, 2.75) is 25.7 Å². The van der Waals surface area contributed by atoms with E-state index in [1.165, 1.54) is 12.1 Å². The minimum Gasteiger partial charge on any atom is -0.396 e. The second-order valence-electron chi connectivity index (χ2n) is 4.09. The Morgan fingerprint density at radius 2 is 1.94 bits per heavy atom. The molecule has 2 rings (SSSR count). The van der Waals surface area contributed by atoms with Crippen LogP contribution in [0.15, 0.2) is 28.8 Å². The van der Waals surface area contributed by atoms with Crippen molar-refractivity contribution in [1.29, 1.82) is 0 Å². The number of hydrogen-bond donors (Lipinski definition) is 1. The summed E-state index contributed by atoms with van der Waals surface area (Å²) in [5.74, 6) is 0.928. The van der Waals surface area contributed by atoms with Crippen LogP contribution in [0.1, 0.15) is 30.1 Å². The molecule has 0 atom stereocenters. The molecule has 1 heterocycles. The highest BCUT2D eigenvalue weighted by Gasteiger charge is 2.06. The molecule has 0 aliphatic rings. The zero-order valence-corrected chi connectivity index (χ0v) is 9.97. The van der Waals surface area contributed by atoms with Crippen molar-refractivity contribution in [1.82, 2.24) is 10.1 Å². The summed E-state index contributed by atoms with van der Waals surface area (Å²) in [5, 5.41) is 12.5. The Kier molecular flexibility index (Phi) is 4.41. The Morgan fingerprint density at radius 3 is 2.67 bits per heavy atom. The second kappa shape index (κ2) is 6.26. The fourth-order valence-electron chi connectivity index (χ4n) is 1.64. The predicted octanol–water partition coefficient (Wildman–Crippen LogP) is 2.11. The maximum Gasteiger partial charge on any atom is 0.226 e. The molecular formula is C13H15FN2O2. The molecule has 1 aromatic carbocycles. The molecule has 0 fully saturated rings. The van der Waals surface area contributed by atoms with E-state index in [0.717, 1.165) is 18.4 Å². The van der Waals surface area contributed by atoms with Crippen molar-refractivity contribution >= 4 is 0 Å². The van der Waals surface area contributed by atoms with Gasteiger partial charge in [-0.3, -0.25) is 0 Å². The molecule has 18 heavy (non-hydrogen) atoms. The second-order valence-corrected chi connectivity index (χ2v) is 4.09. The van der Waals surface area contributed by atoms with Gasteiger partial charge in [-0.05, 0) is 30.5 Å². The van der Waals surface area contributed by atoms with Crippen molar-refractivity contribution in [3.63, 3.8) is 0 Å². The standard InChI is InChI=1S/C13H15FN2O2/c14-11-6-4-10(5-7-11)9-12-15-13(18-16-12)3-1-2-8-17/h4-7,17H,1-3,8-9H2. The smallest absolute Gasteiger partial charge is 0.226 e. The zero-order valence-electron chi connectivity index (χ0n) is 9.97. The van der Waals surface area contributed by atoms with Crippen LogP contribution < -0.4 is 0 Å². The summed E-state index contributed by atoms with van der Waals surface area (Å²) in [6.07, 6.45) is 2.77. The quantitative estimate of drug-likeness (QED) is 0.798. The number of unbranched alkanes of at least 4 members (excludes halogenated alkanes) is 1. The van der Waals surface area contributed by atoms with Gasteiger partial charge in [-0.1, -0.05) is 17.3 Å². The molecule has 0 aliphatic carbocycles. The maximum absolute atomic E-state index is 12.7. The number of halogens is 1. The summed E-state index contributed by atoms with van der Waals surface area (Å²) in [5.41, 5.74) is 0.944. The van der Waals surface area contributed by atoms with Crippen molar-refractivity contribution < 1.29 is 14.0 Å². The zero-order chi connectivity index (χ0) is 12.8. The Bertz CT molecular complexity index is 482. The third-order valence-electron chi connectivity index (χ3n) is 2.58. The molecule has 2 aromatic rings. The first kappa shape index (κ1) is 12.7. The van der Waals surface area contributed by atoms with Gasteiger partial charge in [0.1, 0.15) is 5.82 Å². The lowest BCUT2D eigenvalue weighted by atomic mass is 10.1. The highest BCUT2D eigenvalue weighted by atomic mass is 19.1. The minimum atomic E-state index is -0.253. The van der Waals surface area contributed by atoms with Gasteiger partial charge in [0.25, 0.3) is 0 Å². The van der Waals surface area contributed by atoms with Crippen LogP contribution >= 0.6 is 0 Å². The number of nitrogens with zero attached hydrogens (tertiary/aromatic N) is 2. The number of aliphatic hydroxyl groups is 1. The molecule has 0 saturated carbocycles. The molecule has 0 unspecified atom stereocenters.